The van der Waals surface area contributed by atoms with Crippen molar-refractivity contribution in [2.24, 2.45) is 0 Å². The van der Waals surface area contributed by atoms with Gasteiger partial charge in [0.15, 0.2) is 0 Å². The standard InChI is InChI=1S/C14H16IN3S/c1-2-6-11-13(15)14(16)18-12(17-11)9-19-10-7-4-3-5-8-10/h3-5,7-8H,2,6,9H2,1H3,(H2,16,17,18). The fraction of sp³-hybridized carbons (Fsp3) is 0.286. The Balaban J connectivity index is 2.12. The van der Waals surface area contributed by atoms with Gasteiger partial charge >= 0.3 is 0 Å². The number of aryl methyl sites for hydroxylation is 1. The number of anilines is 1. The Labute approximate surface area is 131 Å². The van der Waals surface area contributed by atoms with Crippen molar-refractivity contribution < 1.29 is 0 Å². The van der Waals surface area contributed by atoms with E-state index in [1.807, 2.05) is 18.2 Å². The van der Waals surface area contributed by atoms with Gasteiger partial charge in [-0.05, 0) is 41.1 Å². The lowest BCUT2D eigenvalue weighted by atomic mass is 10.2. The monoisotopic (exact) mass is 385 g/mol. The second kappa shape index (κ2) is 7.09. The Morgan fingerprint density at radius 3 is 2.63 bits per heavy atom. The van der Waals surface area contributed by atoms with Gasteiger partial charge in [0.1, 0.15) is 11.6 Å². The maximum absolute atomic E-state index is 5.95. The summed E-state index contributed by atoms with van der Waals surface area (Å²) in [7, 11) is 0. The molecule has 0 bridgehead atoms. The summed E-state index contributed by atoms with van der Waals surface area (Å²) in [5, 5.41) is 0. The van der Waals surface area contributed by atoms with Crippen LogP contribution in [0.25, 0.3) is 0 Å². The number of rotatable bonds is 5. The molecule has 2 aromatic rings. The summed E-state index contributed by atoms with van der Waals surface area (Å²) in [5.41, 5.74) is 7.02. The normalized spacial score (nSPS) is 10.6. The first kappa shape index (κ1) is 14.6. The molecule has 3 nitrogen and oxygen atoms in total. The van der Waals surface area contributed by atoms with Crippen molar-refractivity contribution in [3.63, 3.8) is 0 Å². The van der Waals surface area contributed by atoms with Crippen molar-refractivity contribution >= 4 is 40.2 Å². The van der Waals surface area contributed by atoms with Gasteiger partial charge in [0.05, 0.1) is 15.0 Å². The molecule has 0 aliphatic rings. The van der Waals surface area contributed by atoms with E-state index in [4.69, 9.17) is 5.73 Å². The van der Waals surface area contributed by atoms with Crippen LogP contribution in [0, 0.1) is 3.57 Å². The predicted octanol–water partition coefficient (Wildman–Crippen LogP) is 3.91. The summed E-state index contributed by atoms with van der Waals surface area (Å²) >= 11 is 3.96. The number of hydrogen-bond acceptors (Lipinski definition) is 4. The first-order valence-electron chi connectivity index (χ1n) is 6.19. The van der Waals surface area contributed by atoms with Gasteiger partial charge in [-0.1, -0.05) is 31.5 Å². The maximum Gasteiger partial charge on any atom is 0.141 e. The maximum atomic E-state index is 5.95. The molecule has 2 N–H and O–H groups in total. The average Bonchev–Trinajstić information content (AvgIpc) is 2.43. The molecule has 0 amide bonds. The molecule has 5 heteroatoms. The first-order chi connectivity index (χ1) is 9.20. The molecule has 0 aliphatic carbocycles. The van der Waals surface area contributed by atoms with Crippen molar-refractivity contribution in [1.82, 2.24) is 9.97 Å². The third-order valence-electron chi connectivity index (χ3n) is 2.59. The highest BCUT2D eigenvalue weighted by Crippen LogP contribution is 2.23. The second-order valence-corrected chi connectivity index (χ2v) is 6.26. The van der Waals surface area contributed by atoms with Gasteiger partial charge in [0.2, 0.25) is 0 Å². The highest BCUT2D eigenvalue weighted by Gasteiger charge is 2.09. The van der Waals surface area contributed by atoms with Crippen LogP contribution in [0.3, 0.4) is 0 Å². The highest BCUT2D eigenvalue weighted by atomic mass is 127. The van der Waals surface area contributed by atoms with Crippen LogP contribution in [-0.4, -0.2) is 9.97 Å². The van der Waals surface area contributed by atoms with Crippen molar-refractivity contribution in [2.45, 2.75) is 30.4 Å². The van der Waals surface area contributed by atoms with Crippen LogP contribution in [0.15, 0.2) is 35.2 Å². The minimum Gasteiger partial charge on any atom is -0.383 e. The van der Waals surface area contributed by atoms with Crippen LogP contribution in [0.4, 0.5) is 5.82 Å². The van der Waals surface area contributed by atoms with Crippen LogP contribution >= 0.6 is 34.4 Å². The average molecular weight is 385 g/mol. The zero-order valence-electron chi connectivity index (χ0n) is 10.8. The van der Waals surface area contributed by atoms with Crippen LogP contribution in [0.1, 0.15) is 24.9 Å². The lowest BCUT2D eigenvalue weighted by Gasteiger charge is -2.08. The third-order valence-corrected chi connectivity index (χ3v) is 4.77. The predicted molar refractivity (Wildman–Crippen MR) is 89.2 cm³/mol. The molecule has 0 spiro atoms. The van der Waals surface area contributed by atoms with Crippen molar-refractivity contribution in [3.8, 4) is 0 Å². The van der Waals surface area contributed by atoms with E-state index in [-0.39, 0.29) is 0 Å². The first-order valence-corrected chi connectivity index (χ1v) is 8.25. The van der Waals surface area contributed by atoms with E-state index in [1.54, 1.807) is 11.8 Å². The van der Waals surface area contributed by atoms with Gasteiger partial charge in [0, 0.05) is 4.90 Å². The summed E-state index contributed by atoms with van der Waals surface area (Å²) < 4.78 is 0.993. The zero-order chi connectivity index (χ0) is 13.7. The largest absolute Gasteiger partial charge is 0.383 e. The van der Waals surface area contributed by atoms with Crippen LogP contribution in [0.5, 0.6) is 0 Å². The fourth-order valence-electron chi connectivity index (χ4n) is 1.70. The van der Waals surface area contributed by atoms with Gasteiger partial charge < -0.3 is 5.73 Å². The number of nitrogens with two attached hydrogens (primary N) is 1. The minimum absolute atomic E-state index is 0.600. The quantitative estimate of drug-likeness (QED) is 0.627. The summed E-state index contributed by atoms with van der Waals surface area (Å²) in [5.74, 6) is 2.17. The summed E-state index contributed by atoms with van der Waals surface area (Å²) in [6.45, 7) is 2.15. The van der Waals surface area contributed by atoms with Gasteiger partial charge in [0.25, 0.3) is 0 Å². The molecule has 0 fully saturated rings. The van der Waals surface area contributed by atoms with E-state index in [0.717, 1.165) is 33.7 Å². The molecule has 1 heterocycles. The topological polar surface area (TPSA) is 51.8 Å². The van der Waals surface area contributed by atoms with Crippen LogP contribution in [0.2, 0.25) is 0 Å². The van der Waals surface area contributed by atoms with Gasteiger partial charge in [-0.2, -0.15) is 0 Å². The SMILES string of the molecule is CCCc1nc(CSc2ccccc2)nc(N)c1I. The summed E-state index contributed by atoms with van der Waals surface area (Å²) in [4.78, 5) is 10.2. The van der Waals surface area contributed by atoms with Gasteiger partial charge in [-0.15, -0.1) is 11.8 Å². The number of nitrogens with zero attached hydrogens (tertiary/aromatic N) is 2. The molecule has 0 saturated carbocycles. The van der Waals surface area contributed by atoms with E-state index in [9.17, 15) is 0 Å². The van der Waals surface area contributed by atoms with Crippen molar-refractivity contribution in [3.05, 3.63) is 45.4 Å². The highest BCUT2D eigenvalue weighted by molar-refractivity contribution is 14.1. The molecule has 0 atom stereocenters. The molecule has 0 aliphatic heterocycles. The number of benzene rings is 1. The number of aromatic nitrogens is 2. The van der Waals surface area contributed by atoms with E-state index in [0.29, 0.717) is 5.82 Å². The van der Waals surface area contributed by atoms with E-state index >= 15 is 0 Å². The second-order valence-electron chi connectivity index (χ2n) is 4.14. The lowest BCUT2D eigenvalue weighted by Crippen LogP contribution is -2.06. The number of nitrogen functional groups attached to an aromatic ring is 1. The van der Waals surface area contributed by atoms with E-state index < -0.39 is 0 Å². The fourth-order valence-corrected chi connectivity index (χ4v) is 2.98. The third kappa shape index (κ3) is 4.07. The lowest BCUT2D eigenvalue weighted by molar-refractivity contribution is 0.848. The Kier molecular flexibility index (Phi) is 5.45. The Hall–Kier alpha value is -0.820. The number of halogens is 1. The number of thioether (sulfide) groups is 1. The van der Waals surface area contributed by atoms with Gasteiger partial charge in [-0.25, -0.2) is 9.97 Å². The Morgan fingerprint density at radius 1 is 1.21 bits per heavy atom. The smallest absolute Gasteiger partial charge is 0.141 e. The Morgan fingerprint density at radius 2 is 1.95 bits per heavy atom. The molecule has 0 unspecified atom stereocenters. The zero-order valence-corrected chi connectivity index (χ0v) is 13.7. The number of hydrogen-bond donors (Lipinski definition) is 1. The molecule has 100 valence electrons. The Bertz CT molecular complexity index is 546. The minimum atomic E-state index is 0.600. The molecule has 1 aromatic carbocycles. The van der Waals surface area contributed by atoms with Gasteiger partial charge in [-0.3, -0.25) is 0 Å². The molecule has 2 rings (SSSR count). The van der Waals surface area contributed by atoms with E-state index in [2.05, 4.69) is 51.6 Å². The molecule has 0 radical (unpaired) electrons. The summed E-state index contributed by atoms with van der Waals surface area (Å²) in [6.07, 6.45) is 2.02. The molecule has 0 saturated heterocycles. The van der Waals surface area contributed by atoms with Crippen molar-refractivity contribution in [2.75, 3.05) is 5.73 Å². The van der Waals surface area contributed by atoms with Crippen molar-refractivity contribution in [1.29, 1.82) is 0 Å². The van der Waals surface area contributed by atoms with E-state index in [1.165, 1.54) is 4.90 Å². The molecular weight excluding hydrogens is 369 g/mol. The molecule has 19 heavy (non-hydrogen) atoms. The summed E-state index contributed by atoms with van der Waals surface area (Å²) in [6, 6.07) is 10.3. The van der Waals surface area contributed by atoms with Crippen LogP contribution < -0.4 is 5.73 Å². The van der Waals surface area contributed by atoms with Crippen LogP contribution in [-0.2, 0) is 12.2 Å². The molecular formula is C14H16IN3S. The molecule has 1 aromatic heterocycles.